The second-order valence-electron chi connectivity index (χ2n) is 8.26. The highest BCUT2D eigenvalue weighted by molar-refractivity contribution is 5.85. The van der Waals surface area contributed by atoms with E-state index >= 15 is 0 Å². The predicted octanol–water partition coefficient (Wildman–Crippen LogP) is 4.78. The minimum Gasteiger partial charge on any atom is -0.465 e. The number of hydrogen-bond donors (Lipinski definition) is 0. The lowest BCUT2D eigenvalue weighted by Gasteiger charge is -2.26. The van der Waals surface area contributed by atoms with E-state index in [2.05, 4.69) is 6.07 Å². The van der Waals surface area contributed by atoms with Crippen molar-refractivity contribution in [3.05, 3.63) is 48.0 Å². The van der Waals surface area contributed by atoms with Crippen LogP contribution in [0.2, 0.25) is 0 Å². The smallest absolute Gasteiger partial charge is 0.307 e. The molecule has 0 N–H and O–H groups in total. The van der Waals surface area contributed by atoms with Gasteiger partial charge in [0.15, 0.2) is 0 Å². The number of esters is 2. The molecular weight excluding hydrogens is 366 g/mol. The second kappa shape index (κ2) is 10.1. The Labute approximate surface area is 172 Å². The number of nitrogens with zero attached hydrogens (tertiary/aromatic N) is 1. The lowest BCUT2D eigenvalue weighted by Crippen LogP contribution is -2.33. The molecule has 5 nitrogen and oxygen atoms in total. The first-order valence-electron chi connectivity index (χ1n) is 9.97. The third-order valence-corrected chi connectivity index (χ3v) is 4.56. The van der Waals surface area contributed by atoms with Crippen LogP contribution in [0, 0.1) is 23.2 Å². The van der Waals surface area contributed by atoms with Gasteiger partial charge in [-0.3, -0.25) is 9.59 Å². The summed E-state index contributed by atoms with van der Waals surface area (Å²) in [5.74, 6) is -0.616. The molecule has 0 aliphatic carbocycles. The molecule has 2 rings (SSSR count). The number of rotatable bonds is 9. The zero-order valence-electron chi connectivity index (χ0n) is 17.6. The van der Waals surface area contributed by atoms with E-state index in [1.165, 1.54) is 0 Å². The lowest BCUT2D eigenvalue weighted by atomic mass is 9.75. The summed E-state index contributed by atoms with van der Waals surface area (Å²) in [7, 11) is 0. The Kier molecular flexibility index (Phi) is 7.78. The molecule has 0 radical (unpaired) electrons. The van der Waals surface area contributed by atoms with Gasteiger partial charge in [-0.2, -0.15) is 5.26 Å². The number of carbonyl (C=O) groups excluding carboxylic acids is 2. The van der Waals surface area contributed by atoms with E-state index in [1.807, 2.05) is 64.1 Å². The van der Waals surface area contributed by atoms with Crippen LogP contribution in [0.3, 0.4) is 0 Å². The Morgan fingerprint density at radius 1 is 0.897 bits per heavy atom. The average Bonchev–Trinajstić information content (AvgIpc) is 2.69. The molecule has 154 valence electrons. The molecule has 0 bridgehead atoms. The summed E-state index contributed by atoms with van der Waals surface area (Å²) in [4.78, 5) is 25.0. The molecule has 29 heavy (non-hydrogen) atoms. The molecule has 0 saturated heterocycles. The van der Waals surface area contributed by atoms with Crippen LogP contribution in [0.25, 0.3) is 10.8 Å². The Hall–Kier alpha value is -2.87. The van der Waals surface area contributed by atoms with Crippen molar-refractivity contribution in [1.29, 1.82) is 5.26 Å². The predicted molar refractivity (Wildman–Crippen MR) is 112 cm³/mol. The Bertz CT molecular complexity index is 869. The summed E-state index contributed by atoms with van der Waals surface area (Å²) in [5, 5.41) is 12.1. The van der Waals surface area contributed by atoms with Crippen LogP contribution in [0.4, 0.5) is 0 Å². The van der Waals surface area contributed by atoms with Gasteiger partial charge in [0.25, 0.3) is 0 Å². The normalized spacial score (nSPS) is 11.5. The van der Waals surface area contributed by atoms with E-state index in [0.717, 1.165) is 10.8 Å². The molecular formula is C24H29NO4. The summed E-state index contributed by atoms with van der Waals surface area (Å²) >= 11 is 0. The third kappa shape index (κ3) is 6.32. The van der Waals surface area contributed by atoms with Crippen molar-refractivity contribution in [3.8, 4) is 6.07 Å². The minimum absolute atomic E-state index is 0.187. The van der Waals surface area contributed by atoms with E-state index in [9.17, 15) is 14.9 Å². The molecule has 0 aromatic heterocycles. The molecule has 0 saturated carbocycles. The van der Waals surface area contributed by atoms with Crippen molar-refractivity contribution in [2.45, 2.75) is 46.0 Å². The van der Waals surface area contributed by atoms with Gasteiger partial charge in [0, 0.05) is 0 Å². The van der Waals surface area contributed by atoms with Gasteiger partial charge in [-0.05, 0) is 34.2 Å². The topological polar surface area (TPSA) is 76.4 Å². The maximum Gasteiger partial charge on any atom is 0.307 e. The van der Waals surface area contributed by atoms with Gasteiger partial charge in [0.05, 0.1) is 32.1 Å². The first-order chi connectivity index (χ1) is 13.8. The fraction of sp³-hybridized carbons (Fsp3) is 0.458. The Morgan fingerprint density at radius 2 is 1.41 bits per heavy atom. The molecule has 0 spiro atoms. The van der Waals surface area contributed by atoms with Crippen molar-refractivity contribution in [1.82, 2.24) is 0 Å². The number of fused-ring (bicyclic) bond motifs is 1. The number of benzene rings is 2. The summed E-state index contributed by atoms with van der Waals surface area (Å²) < 4.78 is 10.6. The number of ether oxygens (including phenoxy) is 2. The standard InChI is InChI=1S/C24H29NO4/c1-17(2)14-28-22(26)12-24(16-25,13-23(27)29-15-18(3)4)21-10-9-19-7-5-6-8-20(19)11-21/h5-11,17-18H,12-15H2,1-4H3. The number of carbonyl (C=O) groups is 2. The maximum atomic E-state index is 12.5. The monoisotopic (exact) mass is 395 g/mol. The fourth-order valence-electron chi connectivity index (χ4n) is 3.01. The zero-order valence-corrected chi connectivity index (χ0v) is 17.6. The molecule has 5 heteroatoms. The third-order valence-electron chi connectivity index (χ3n) is 4.56. The average molecular weight is 395 g/mol. The zero-order chi connectivity index (χ0) is 21.4. The van der Waals surface area contributed by atoms with Crippen molar-refractivity contribution in [3.63, 3.8) is 0 Å². The summed E-state index contributed by atoms with van der Waals surface area (Å²) in [6, 6.07) is 15.6. The summed E-state index contributed by atoms with van der Waals surface area (Å²) in [5.41, 5.74) is -0.728. The van der Waals surface area contributed by atoms with E-state index in [1.54, 1.807) is 6.07 Å². The van der Waals surface area contributed by atoms with Gasteiger partial charge in [0.1, 0.15) is 5.41 Å². The first-order valence-corrected chi connectivity index (χ1v) is 9.97. The van der Waals surface area contributed by atoms with E-state index < -0.39 is 17.4 Å². The number of nitriles is 1. The van der Waals surface area contributed by atoms with Crippen LogP contribution in [0.5, 0.6) is 0 Å². The quantitative estimate of drug-likeness (QED) is 0.571. The molecule has 0 amide bonds. The molecule has 0 fully saturated rings. The van der Waals surface area contributed by atoms with Gasteiger partial charge >= 0.3 is 11.9 Å². The summed E-state index contributed by atoms with van der Waals surface area (Å²) in [6.07, 6.45) is -0.406. The van der Waals surface area contributed by atoms with Crippen molar-refractivity contribution >= 4 is 22.7 Å². The molecule has 0 aliphatic rings. The Balaban J connectivity index is 2.37. The molecule has 0 aliphatic heterocycles. The van der Waals surface area contributed by atoms with E-state index in [-0.39, 0.29) is 37.9 Å². The second-order valence-corrected chi connectivity index (χ2v) is 8.26. The van der Waals surface area contributed by atoms with Crippen LogP contribution in [-0.2, 0) is 24.5 Å². The highest BCUT2D eigenvalue weighted by Gasteiger charge is 2.39. The largest absolute Gasteiger partial charge is 0.465 e. The van der Waals surface area contributed by atoms with Gasteiger partial charge in [-0.25, -0.2) is 0 Å². The van der Waals surface area contributed by atoms with Crippen molar-refractivity contribution in [2.24, 2.45) is 11.8 Å². The van der Waals surface area contributed by atoms with E-state index in [4.69, 9.17) is 9.47 Å². The van der Waals surface area contributed by atoms with Crippen LogP contribution in [0.1, 0.15) is 46.1 Å². The van der Waals surface area contributed by atoms with Crippen LogP contribution >= 0.6 is 0 Å². The molecule has 0 atom stereocenters. The maximum absolute atomic E-state index is 12.5. The molecule has 2 aromatic carbocycles. The minimum atomic E-state index is -1.34. The SMILES string of the molecule is CC(C)COC(=O)CC(C#N)(CC(=O)OCC(C)C)c1ccc2ccccc2c1. The molecule has 0 heterocycles. The van der Waals surface area contributed by atoms with Crippen LogP contribution < -0.4 is 0 Å². The summed E-state index contributed by atoms with van der Waals surface area (Å²) in [6.45, 7) is 8.31. The van der Waals surface area contributed by atoms with Crippen LogP contribution in [0.15, 0.2) is 42.5 Å². The fourth-order valence-corrected chi connectivity index (χ4v) is 3.01. The Morgan fingerprint density at radius 3 is 1.90 bits per heavy atom. The van der Waals surface area contributed by atoms with Gasteiger partial charge in [0.2, 0.25) is 0 Å². The van der Waals surface area contributed by atoms with Gasteiger partial charge in [-0.1, -0.05) is 64.1 Å². The van der Waals surface area contributed by atoms with E-state index in [0.29, 0.717) is 5.56 Å². The lowest BCUT2D eigenvalue weighted by molar-refractivity contribution is -0.148. The molecule has 0 unspecified atom stereocenters. The first kappa shape index (κ1) is 22.4. The number of hydrogen-bond acceptors (Lipinski definition) is 5. The van der Waals surface area contributed by atoms with Gasteiger partial charge < -0.3 is 9.47 Å². The van der Waals surface area contributed by atoms with Crippen LogP contribution in [-0.4, -0.2) is 25.2 Å². The molecule has 2 aromatic rings. The van der Waals surface area contributed by atoms with Crippen molar-refractivity contribution in [2.75, 3.05) is 13.2 Å². The van der Waals surface area contributed by atoms with Gasteiger partial charge in [-0.15, -0.1) is 0 Å². The van der Waals surface area contributed by atoms with Crippen molar-refractivity contribution < 1.29 is 19.1 Å². The highest BCUT2D eigenvalue weighted by Crippen LogP contribution is 2.34. The highest BCUT2D eigenvalue weighted by atomic mass is 16.5.